The first-order valence-corrected chi connectivity index (χ1v) is 6.04. The van der Waals surface area contributed by atoms with E-state index in [9.17, 15) is 0 Å². The van der Waals surface area contributed by atoms with E-state index in [1.807, 2.05) is 5.06 Å². The van der Waals surface area contributed by atoms with Crippen LogP contribution in [0, 0.1) is 0 Å². The number of nitrogens with zero attached hydrogens (tertiary/aromatic N) is 2. The van der Waals surface area contributed by atoms with Gasteiger partial charge in [0.15, 0.2) is 6.20 Å². The topological polar surface area (TPSA) is 16.4 Å². The Labute approximate surface area is 105 Å². The highest BCUT2D eigenvalue weighted by atomic mass is 16.7. The fourth-order valence-corrected chi connectivity index (χ4v) is 2.82. The SMILES string of the molecule is CON1C[n+]2cccc3ccc4cccc1c4c32. The molecule has 0 bridgehead atoms. The van der Waals surface area contributed by atoms with Crippen LogP contribution in [0.25, 0.3) is 21.7 Å². The van der Waals surface area contributed by atoms with Crippen LogP contribution >= 0.6 is 0 Å². The van der Waals surface area contributed by atoms with Gasteiger partial charge in [-0.25, -0.2) is 0 Å². The van der Waals surface area contributed by atoms with Crippen molar-refractivity contribution in [2.24, 2.45) is 0 Å². The van der Waals surface area contributed by atoms with E-state index in [1.165, 1.54) is 21.7 Å². The summed E-state index contributed by atoms with van der Waals surface area (Å²) in [6.07, 6.45) is 2.10. The summed E-state index contributed by atoms with van der Waals surface area (Å²) < 4.78 is 2.23. The lowest BCUT2D eigenvalue weighted by atomic mass is 10.0. The zero-order chi connectivity index (χ0) is 12.1. The molecule has 1 aromatic heterocycles. The van der Waals surface area contributed by atoms with Crippen molar-refractivity contribution in [2.45, 2.75) is 6.67 Å². The fourth-order valence-electron chi connectivity index (χ4n) is 2.82. The quantitative estimate of drug-likeness (QED) is 0.478. The second-order valence-corrected chi connectivity index (χ2v) is 4.56. The minimum atomic E-state index is 0.726. The number of benzene rings is 2. The molecule has 4 rings (SSSR count). The lowest BCUT2D eigenvalue weighted by Gasteiger charge is -2.24. The first-order chi connectivity index (χ1) is 8.88. The number of hydroxylamine groups is 1. The molecule has 0 spiro atoms. The van der Waals surface area contributed by atoms with Crippen LogP contribution in [0.15, 0.2) is 48.7 Å². The standard InChI is InChI=1S/C15H13N2O/c1-18-17-10-16-9-3-5-12-8-7-11-4-2-6-13(17)14(11)15(12)16/h2-9H,10H2,1H3/q+1. The molecular weight excluding hydrogens is 224 g/mol. The van der Waals surface area contributed by atoms with Crippen molar-refractivity contribution in [3.63, 3.8) is 0 Å². The van der Waals surface area contributed by atoms with Gasteiger partial charge in [-0.05, 0) is 23.6 Å². The summed E-state index contributed by atoms with van der Waals surface area (Å²) in [6.45, 7) is 0.726. The molecule has 1 aliphatic rings. The van der Waals surface area contributed by atoms with Crippen molar-refractivity contribution in [1.82, 2.24) is 0 Å². The van der Waals surface area contributed by atoms with E-state index in [0.29, 0.717) is 0 Å². The molecule has 88 valence electrons. The molecule has 3 heteroatoms. The van der Waals surface area contributed by atoms with E-state index in [1.54, 1.807) is 7.11 Å². The predicted molar refractivity (Wildman–Crippen MR) is 71.1 cm³/mol. The van der Waals surface area contributed by atoms with Crippen LogP contribution in [0.3, 0.4) is 0 Å². The van der Waals surface area contributed by atoms with Crippen LogP contribution in [0.4, 0.5) is 5.69 Å². The van der Waals surface area contributed by atoms with E-state index in [4.69, 9.17) is 4.84 Å². The molecule has 0 fully saturated rings. The smallest absolute Gasteiger partial charge is 0.246 e. The number of pyridine rings is 1. The molecule has 2 heterocycles. The number of hydrogen-bond acceptors (Lipinski definition) is 2. The first-order valence-electron chi connectivity index (χ1n) is 6.04. The van der Waals surface area contributed by atoms with Gasteiger partial charge in [0.2, 0.25) is 12.2 Å². The van der Waals surface area contributed by atoms with Crippen molar-refractivity contribution in [1.29, 1.82) is 0 Å². The molecule has 0 saturated carbocycles. The van der Waals surface area contributed by atoms with Gasteiger partial charge in [-0.2, -0.15) is 9.63 Å². The van der Waals surface area contributed by atoms with Gasteiger partial charge in [0, 0.05) is 11.5 Å². The average molecular weight is 237 g/mol. The first kappa shape index (κ1) is 9.85. The highest BCUT2D eigenvalue weighted by Crippen LogP contribution is 2.34. The van der Waals surface area contributed by atoms with Crippen molar-refractivity contribution >= 4 is 27.4 Å². The molecule has 3 nitrogen and oxygen atoms in total. The lowest BCUT2D eigenvalue weighted by Crippen LogP contribution is -2.46. The molecule has 1 aliphatic heterocycles. The molecule has 0 N–H and O–H groups in total. The van der Waals surface area contributed by atoms with Crippen molar-refractivity contribution in [3.05, 3.63) is 48.7 Å². The van der Waals surface area contributed by atoms with E-state index in [0.717, 1.165) is 12.4 Å². The Bertz CT molecular complexity index is 767. The van der Waals surface area contributed by atoms with Crippen molar-refractivity contribution in [2.75, 3.05) is 12.2 Å². The molecule has 0 radical (unpaired) electrons. The number of hydrogen-bond donors (Lipinski definition) is 0. The number of aromatic nitrogens is 1. The largest absolute Gasteiger partial charge is 0.271 e. The van der Waals surface area contributed by atoms with Crippen molar-refractivity contribution < 1.29 is 9.40 Å². The molecule has 0 atom stereocenters. The molecule has 18 heavy (non-hydrogen) atoms. The number of rotatable bonds is 1. The van der Waals surface area contributed by atoms with Gasteiger partial charge >= 0.3 is 0 Å². The zero-order valence-electron chi connectivity index (χ0n) is 10.1. The molecule has 2 aromatic carbocycles. The van der Waals surface area contributed by atoms with Gasteiger partial charge in [-0.1, -0.05) is 18.2 Å². The third-order valence-corrected chi connectivity index (χ3v) is 3.63. The third kappa shape index (κ3) is 1.14. The summed E-state index contributed by atoms with van der Waals surface area (Å²) in [5, 5.41) is 5.72. The summed E-state index contributed by atoms with van der Waals surface area (Å²) in [7, 11) is 1.72. The Balaban J connectivity index is 2.28. The van der Waals surface area contributed by atoms with E-state index in [-0.39, 0.29) is 0 Å². The van der Waals surface area contributed by atoms with Gasteiger partial charge in [0.05, 0.1) is 18.2 Å². The summed E-state index contributed by atoms with van der Waals surface area (Å²) in [6, 6.07) is 14.9. The lowest BCUT2D eigenvalue weighted by molar-refractivity contribution is -0.675. The minimum absolute atomic E-state index is 0.726. The van der Waals surface area contributed by atoms with Crippen LogP contribution in [-0.4, -0.2) is 7.11 Å². The summed E-state index contributed by atoms with van der Waals surface area (Å²) >= 11 is 0. The van der Waals surface area contributed by atoms with Crippen LogP contribution in [0.5, 0.6) is 0 Å². The average Bonchev–Trinajstić information content (AvgIpc) is 2.44. The molecule has 0 amide bonds. The fraction of sp³-hybridized carbons (Fsp3) is 0.133. The Morgan fingerprint density at radius 1 is 1.06 bits per heavy atom. The highest BCUT2D eigenvalue weighted by molar-refractivity contribution is 6.10. The van der Waals surface area contributed by atoms with E-state index >= 15 is 0 Å². The Hall–Kier alpha value is -2.13. The third-order valence-electron chi connectivity index (χ3n) is 3.63. The molecular formula is C15H13N2O+. The van der Waals surface area contributed by atoms with Crippen molar-refractivity contribution in [3.8, 4) is 0 Å². The predicted octanol–water partition coefficient (Wildman–Crippen LogP) is 2.62. The second kappa shape index (κ2) is 3.43. The molecule has 0 aliphatic carbocycles. The molecule has 0 saturated heterocycles. The molecule has 0 unspecified atom stereocenters. The summed E-state index contributed by atoms with van der Waals surface area (Å²) in [4.78, 5) is 5.48. The number of anilines is 1. The maximum Gasteiger partial charge on any atom is 0.246 e. The maximum atomic E-state index is 5.48. The van der Waals surface area contributed by atoms with E-state index < -0.39 is 0 Å². The van der Waals surface area contributed by atoms with Crippen LogP contribution in [0.2, 0.25) is 0 Å². The second-order valence-electron chi connectivity index (χ2n) is 4.56. The van der Waals surface area contributed by atoms with Gasteiger partial charge in [-0.15, -0.1) is 0 Å². The van der Waals surface area contributed by atoms with Crippen LogP contribution < -0.4 is 9.63 Å². The molecule has 3 aromatic rings. The maximum absolute atomic E-state index is 5.48. The summed E-state index contributed by atoms with van der Waals surface area (Å²) in [5.41, 5.74) is 2.44. The Morgan fingerprint density at radius 3 is 2.78 bits per heavy atom. The Kier molecular flexibility index (Phi) is 1.88. The minimum Gasteiger partial charge on any atom is -0.271 e. The monoisotopic (exact) mass is 237 g/mol. The van der Waals surface area contributed by atoms with Gasteiger partial charge in [0.1, 0.15) is 0 Å². The van der Waals surface area contributed by atoms with Gasteiger partial charge in [0.25, 0.3) is 0 Å². The van der Waals surface area contributed by atoms with Gasteiger partial charge in [-0.3, -0.25) is 4.84 Å². The van der Waals surface area contributed by atoms with Crippen LogP contribution in [0.1, 0.15) is 0 Å². The van der Waals surface area contributed by atoms with Crippen LogP contribution in [-0.2, 0) is 11.5 Å². The normalized spacial score (nSPS) is 13.7. The van der Waals surface area contributed by atoms with E-state index in [2.05, 4.69) is 53.2 Å². The Morgan fingerprint density at radius 2 is 1.89 bits per heavy atom. The van der Waals surface area contributed by atoms with Gasteiger partial charge < -0.3 is 0 Å². The summed E-state index contributed by atoms with van der Waals surface area (Å²) in [5.74, 6) is 0. The zero-order valence-corrected chi connectivity index (χ0v) is 10.1. The highest BCUT2D eigenvalue weighted by Gasteiger charge is 2.25.